The Hall–Kier alpha value is -4.05. The molecule has 5 aromatic rings. The van der Waals surface area contributed by atoms with Gasteiger partial charge in [-0.3, -0.25) is 9.36 Å². The molecule has 0 bridgehead atoms. The van der Waals surface area contributed by atoms with Crippen LogP contribution in [0.2, 0.25) is 20.1 Å². The van der Waals surface area contributed by atoms with Crippen molar-refractivity contribution in [2.45, 2.75) is 19.6 Å². The van der Waals surface area contributed by atoms with Crippen molar-refractivity contribution in [3.05, 3.63) is 153 Å². The highest BCUT2D eigenvalue weighted by Crippen LogP contribution is 2.38. The summed E-state index contributed by atoms with van der Waals surface area (Å²) >= 11 is 26.3. The van der Waals surface area contributed by atoms with E-state index >= 15 is 0 Å². The molecule has 0 amide bonds. The molecule has 1 aliphatic heterocycles. The first-order valence-electron chi connectivity index (χ1n) is 14.7. The van der Waals surface area contributed by atoms with Gasteiger partial charge in [0.2, 0.25) is 0 Å². The number of benzene rings is 4. The maximum Gasteiger partial charge on any atom is 0.338 e. The summed E-state index contributed by atoms with van der Waals surface area (Å²) in [6.45, 7) is 2.05. The van der Waals surface area contributed by atoms with E-state index in [1.165, 1.54) is 23.0 Å². The molecule has 0 saturated carbocycles. The van der Waals surface area contributed by atoms with Gasteiger partial charge in [0, 0.05) is 10.6 Å². The Morgan fingerprint density at radius 2 is 1.69 bits per heavy atom. The topological polar surface area (TPSA) is 79.1 Å². The summed E-state index contributed by atoms with van der Waals surface area (Å²) < 4.78 is 19.0. The number of carbonyl (C=O) groups is 1. The summed E-state index contributed by atoms with van der Waals surface area (Å²) in [5.74, 6) is 0.136. The van der Waals surface area contributed by atoms with Gasteiger partial charge in [0.05, 0.1) is 50.6 Å². The van der Waals surface area contributed by atoms with E-state index in [0.717, 1.165) is 5.56 Å². The molecule has 0 fully saturated rings. The van der Waals surface area contributed by atoms with Crippen LogP contribution in [0.15, 0.2) is 100 Å². The summed E-state index contributed by atoms with van der Waals surface area (Å²) in [5, 5.41) is 1.66. The van der Waals surface area contributed by atoms with Crippen molar-refractivity contribution in [1.29, 1.82) is 0 Å². The van der Waals surface area contributed by atoms with Gasteiger partial charge in [-0.2, -0.15) is 0 Å². The third-order valence-electron chi connectivity index (χ3n) is 7.48. The molecule has 0 unspecified atom stereocenters. The molecule has 0 spiro atoms. The highest BCUT2D eigenvalue weighted by atomic mass is 35.5. The van der Waals surface area contributed by atoms with Crippen LogP contribution in [0.25, 0.3) is 11.8 Å². The van der Waals surface area contributed by atoms with Gasteiger partial charge in [-0.15, -0.1) is 0 Å². The first-order valence-corrected chi connectivity index (χ1v) is 17.0. The number of hydrogen-bond acceptors (Lipinski definition) is 7. The number of nitrogens with zero attached hydrogens (tertiary/aromatic N) is 2. The zero-order valence-electron chi connectivity index (χ0n) is 25.5. The minimum atomic E-state index is -0.829. The minimum absolute atomic E-state index is 0.151. The van der Waals surface area contributed by atoms with E-state index in [2.05, 4.69) is 0 Å². The van der Waals surface area contributed by atoms with E-state index in [4.69, 9.17) is 65.6 Å². The summed E-state index contributed by atoms with van der Waals surface area (Å²) in [5.41, 5.74) is 3.10. The molecular formula is C36H26Cl4N2O5S. The van der Waals surface area contributed by atoms with Crippen LogP contribution in [0.5, 0.6) is 11.5 Å². The van der Waals surface area contributed by atoms with Crippen LogP contribution in [0.3, 0.4) is 0 Å². The summed E-state index contributed by atoms with van der Waals surface area (Å²) in [4.78, 5) is 33.1. The van der Waals surface area contributed by atoms with Gasteiger partial charge in [0.1, 0.15) is 6.61 Å². The Bertz CT molecular complexity index is 2230. The van der Waals surface area contributed by atoms with Gasteiger partial charge in [-0.05, 0) is 66.1 Å². The Morgan fingerprint density at radius 3 is 2.38 bits per heavy atom. The fourth-order valence-corrected chi connectivity index (χ4v) is 7.02. The van der Waals surface area contributed by atoms with Crippen molar-refractivity contribution in [3.63, 3.8) is 0 Å². The zero-order chi connectivity index (χ0) is 33.9. The molecule has 0 saturated heterocycles. The number of aromatic nitrogens is 1. The maximum atomic E-state index is 14.2. The average Bonchev–Trinajstić information content (AvgIpc) is 3.39. The number of ether oxygens (including phenoxy) is 3. The van der Waals surface area contributed by atoms with E-state index < -0.39 is 12.0 Å². The third kappa shape index (κ3) is 6.90. The lowest BCUT2D eigenvalue weighted by Crippen LogP contribution is -2.40. The molecule has 4 aromatic carbocycles. The summed E-state index contributed by atoms with van der Waals surface area (Å²) in [6, 6.07) is 24.1. The molecular weight excluding hydrogens is 714 g/mol. The van der Waals surface area contributed by atoms with E-state index in [-0.39, 0.29) is 29.4 Å². The molecule has 0 radical (unpaired) electrons. The average molecular weight is 740 g/mol. The smallest absolute Gasteiger partial charge is 0.338 e. The van der Waals surface area contributed by atoms with Crippen LogP contribution in [0, 0.1) is 0 Å². The second-order valence-electron chi connectivity index (χ2n) is 10.6. The lowest BCUT2D eigenvalue weighted by molar-refractivity contribution is -0.138. The van der Waals surface area contributed by atoms with Crippen LogP contribution in [0.1, 0.15) is 35.2 Å². The van der Waals surface area contributed by atoms with Crippen LogP contribution in [-0.2, 0) is 16.1 Å². The van der Waals surface area contributed by atoms with Gasteiger partial charge in [0.25, 0.3) is 5.56 Å². The highest BCUT2D eigenvalue weighted by Gasteiger charge is 2.35. The van der Waals surface area contributed by atoms with E-state index in [0.29, 0.717) is 58.3 Å². The monoisotopic (exact) mass is 738 g/mol. The van der Waals surface area contributed by atoms with Gasteiger partial charge in [-0.1, -0.05) is 106 Å². The van der Waals surface area contributed by atoms with Crippen molar-refractivity contribution in [1.82, 2.24) is 4.57 Å². The van der Waals surface area contributed by atoms with Crippen LogP contribution >= 0.6 is 57.7 Å². The molecule has 6 rings (SSSR count). The number of esters is 1. The number of methoxy groups -OCH3 is 1. The predicted octanol–water partition coefficient (Wildman–Crippen LogP) is 8.14. The van der Waals surface area contributed by atoms with Crippen LogP contribution < -0.4 is 24.4 Å². The van der Waals surface area contributed by atoms with Gasteiger partial charge < -0.3 is 14.2 Å². The number of fused-ring (bicyclic) bond motifs is 1. The molecule has 0 N–H and O–H groups in total. The lowest BCUT2D eigenvalue weighted by atomic mass is 9.93. The van der Waals surface area contributed by atoms with Gasteiger partial charge >= 0.3 is 5.97 Å². The molecule has 2 heterocycles. The Labute approximate surface area is 299 Å². The lowest BCUT2D eigenvalue weighted by Gasteiger charge is -2.25. The Morgan fingerprint density at radius 1 is 0.938 bits per heavy atom. The molecule has 244 valence electrons. The molecule has 1 aliphatic rings. The van der Waals surface area contributed by atoms with E-state index in [1.807, 2.05) is 30.3 Å². The number of thiazole rings is 1. The minimum Gasteiger partial charge on any atom is -0.493 e. The SMILES string of the molecule is CCOC(=O)C1=C(c2ccccc2)N=c2s/c(=C\c3cc(Cl)c(OCc4ccc(Cl)c(Cl)c4)c(OC)c3)c(=O)n2[C@H]1c1ccc(Cl)cc1. The normalized spacial score (nSPS) is 14.4. The summed E-state index contributed by atoms with van der Waals surface area (Å²) in [6.07, 6.45) is 1.70. The third-order valence-corrected chi connectivity index (χ3v) is 9.73. The van der Waals surface area contributed by atoms with Crippen LogP contribution in [-0.4, -0.2) is 24.3 Å². The van der Waals surface area contributed by atoms with Gasteiger partial charge in [-0.25, -0.2) is 9.79 Å². The molecule has 7 nitrogen and oxygen atoms in total. The van der Waals surface area contributed by atoms with Crippen molar-refractivity contribution in [3.8, 4) is 11.5 Å². The highest BCUT2D eigenvalue weighted by molar-refractivity contribution is 7.07. The van der Waals surface area contributed by atoms with Crippen molar-refractivity contribution in [2.24, 2.45) is 4.99 Å². The first-order chi connectivity index (χ1) is 23.2. The number of halogens is 4. The molecule has 12 heteroatoms. The number of hydrogen-bond donors (Lipinski definition) is 0. The zero-order valence-corrected chi connectivity index (χ0v) is 29.3. The molecule has 1 atom stereocenters. The summed E-state index contributed by atoms with van der Waals surface area (Å²) in [7, 11) is 1.50. The van der Waals surface area contributed by atoms with E-state index in [9.17, 15) is 9.59 Å². The quantitative estimate of drug-likeness (QED) is 0.143. The van der Waals surface area contributed by atoms with Crippen molar-refractivity contribution >= 4 is 75.5 Å². The maximum absolute atomic E-state index is 14.2. The predicted molar refractivity (Wildman–Crippen MR) is 191 cm³/mol. The Balaban J connectivity index is 1.47. The number of rotatable bonds is 9. The standard InChI is InChI=1S/C36H26Cl4N2O5S/c1-3-46-35(44)30-31(22-7-5-4-6-8-22)41-36-42(32(30)23-10-12-24(37)13-11-23)34(43)29(48-36)18-21-16-27(40)33(28(17-21)45-2)47-19-20-9-14-25(38)26(39)15-20/h4-18,32H,3,19H2,1-2H3/b29-18-/t32-/m0/s1. The van der Waals surface area contributed by atoms with Crippen LogP contribution in [0.4, 0.5) is 0 Å². The van der Waals surface area contributed by atoms with Gasteiger partial charge in [0.15, 0.2) is 16.3 Å². The molecule has 0 aliphatic carbocycles. The van der Waals surface area contributed by atoms with Crippen molar-refractivity contribution in [2.75, 3.05) is 13.7 Å². The number of carbonyl (C=O) groups excluding carboxylic acids is 1. The van der Waals surface area contributed by atoms with Crippen molar-refractivity contribution < 1.29 is 19.0 Å². The fourth-order valence-electron chi connectivity index (χ4n) is 5.30. The Kier molecular flexibility index (Phi) is 10.3. The first kappa shape index (κ1) is 33.8. The largest absolute Gasteiger partial charge is 0.493 e. The van der Waals surface area contributed by atoms with E-state index in [1.54, 1.807) is 67.6 Å². The molecule has 48 heavy (non-hydrogen) atoms. The molecule has 1 aromatic heterocycles. The fraction of sp³-hybridized carbons (Fsp3) is 0.139. The second kappa shape index (κ2) is 14.6. The second-order valence-corrected chi connectivity index (χ2v) is 13.2.